The van der Waals surface area contributed by atoms with Crippen LogP contribution in [-0.2, 0) is 11.2 Å². The summed E-state index contributed by atoms with van der Waals surface area (Å²) in [5.41, 5.74) is 5.78. The highest BCUT2D eigenvalue weighted by Gasteiger charge is 2.36. The van der Waals surface area contributed by atoms with E-state index >= 15 is 0 Å². The van der Waals surface area contributed by atoms with Crippen LogP contribution in [0.1, 0.15) is 16.7 Å². The Balaban J connectivity index is 2.02. The molecule has 0 radical (unpaired) electrons. The van der Waals surface area contributed by atoms with Gasteiger partial charge in [-0.05, 0) is 28.7 Å². The zero-order chi connectivity index (χ0) is 13.5. The van der Waals surface area contributed by atoms with E-state index in [4.69, 9.17) is 0 Å². The second kappa shape index (κ2) is 4.34. The maximum absolute atomic E-state index is 12.2. The summed E-state index contributed by atoms with van der Waals surface area (Å²) in [5.74, 6) is 0.413. The Morgan fingerprint density at radius 3 is 2.55 bits per heavy atom. The summed E-state index contributed by atoms with van der Waals surface area (Å²) in [6, 6.07) is 18.7. The zero-order valence-corrected chi connectivity index (χ0v) is 11.1. The SMILES string of the molecule is O=C1NC[C@@H]2Cc3ccccc3C(c3ccccc3)=C12. The lowest BCUT2D eigenvalue weighted by Gasteiger charge is -2.24. The number of benzene rings is 2. The van der Waals surface area contributed by atoms with Crippen LogP contribution >= 0.6 is 0 Å². The monoisotopic (exact) mass is 261 g/mol. The predicted octanol–water partition coefficient (Wildman–Crippen LogP) is 2.79. The molecule has 1 aliphatic carbocycles. The van der Waals surface area contributed by atoms with Crippen molar-refractivity contribution in [2.24, 2.45) is 5.92 Å². The third-order valence-electron chi connectivity index (χ3n) is 4.25. The Hall–Kier alpha value is -2.35. The zero-order valence-electron chi connectivity index (χ0n) is 11.1. The first-order valence-electron chi connectivity index (χ1n) is 7.00. The van der Waals surface area contributed by atoms with Crippen LogP contribution in [0.15, 0.2) is 60.2 Å². The van der Waals surface area contributed by atoms with Crippen molar-refractivity contribution < 1.29 is 4.79 Å². The van der Waals surface area contributed by atoms with Gasteiger partial charge < -0.3 is 5.32 Å². The normalized spacial score (nSPS) is 20.4. The lowest BCUT2D eigenvalue weighted by molar-refractivity contribution is -0.116. The Labute approximate surface area is 118 Å². The molecule has 2 nitrogen and oxygen atoms in total. The summed E-state index contributed by atoms with van der Waals surface area (Å²) in [7, 11) is 0. The van der Waals surface area contributed by atoms with E-state index in [0.717, 1.165) is 29.7 Å². The molecule has 20 heavy (non-hydrogen) atoms. The van der Waals surface area contributed by atoms with Gasteiger partial charge in [0.2, 0.25) is 5.91 Å². The van der Waals surface area contributed by atoms with E-state index in [0.29, 0.717) is 5.92 Å². The van der Waals surface area contributed by atoms with Crippen LogP contribution in [-0.4, -0.2) is 12.5 Å². The van der Waals surface area contributed by atoms with Crippen LogP contribution in [0.5, 0.6) is 0 Å². The fourth-order valence-corrected chi connectivity index (χ4v) is 3.36. The molecule has 1 heterocycles. The quantitative estimate of drug-likeness (QED) is 0.840. The summed E-state index contributed by atoms with van der Waals surface area (Å²) >= 11 is 0. The average Bonchev–Trinajstić information content (AvgIpc) is 2.87. The lowest BCUT2D eigenvalue weighted by atomic mass is 9.77. The molecule has 0 spiro atoms. The largest absolute Gasteiger partial charge is 0.352 e. The van der Waals surface area contributed by atoms with Crippen LogP contribution in [0.2, 0.25) is 0 Å². The van der Waals surface area contributed by atoms with Crippen LogP contribution in [0.25, 0.3) is 5.57 Å². The number of hydrogen-bond acceptors (Lipinski definition) is 1. The predicted molar refractivity (Wildman–Crippen MR) is 79.1 cm³/mol. The molecule has 0 aromatic heterocycles. The van der Waals surface area contributed by atoms with E-state index in [9.17, 15) is 4.79 Å². The van der Waals surface area contributed by atoms with E-state index in [-0.39, 0.29) is 5.91 Å². The van der Waals surface area contributed by atoms with Gasteiger partial charge in [-0.2, -0.15) is 0 Å². The van der Waals surface area contributed by atoms with Crippen molar-refractivity contribution in [3.8, 4) is 0 Å². The minimum absolute atomic E-state index is 0.100. The Morgan fingerprint density at radius 2 is 1.70 bits per heavy atom. The highest BCUT2D eigenvalue weighted by atomic mass is 16.2. The molecule has 0 bridgehead atoms. The molecule has 2 aliphatic rings. The van der Waals surface area contributed by atoms with Crippen molar-refractivity contribution in [1.29, 1.82) is 0 Å². The van der Waals surface area contributed by atoms with E-state index < -0.39 is 0 Å². The van der Waals surface area contributed by atoms with Crippen LogP contribution in [0, 0.1) is 5.92 Å². The fraction of sp³-hybridized carbons (Fsp3) is 0.167. The Morgan fingerprint density at radius 1 is 0.950 bits per heavy atom. The fourth-order valence-electron chi connectivity index (χ4n) is 3.36. The molecular weight excluding hydrogens is 246 g/mol. The molecule has 1 fully saturated rings. The maximum atomic E-state index is 12.2. The number of hydrogen-bond donors (Lipinski definition) is 1. The van der Waals surface area contributed by atoms with E-state index in [1.165, 1.54) is 11.1 Å². The molecule has 0 unspecified atom stereocenters. The molecule has 1 N–H and O–H groups in total. The highest BCUT2D eigenvalue weighted by molar-refractivity contribution is 6.08. The Bertz CT molecular complexity index is 715. The molecule has 1 saturated heterocycles. The first-order chi connectivity index (χ1) is 9.84. The van der Waals surface area contributed by atoms with Gasteiger partial charge in [0, 0.05) is 18.0 Å². The molecule has 1 atom stereocenters. The summed E-state index contributed by atoms with van der Waals surface area (Å²) in [6.07, 6.45) is 0.959. The molecule has 1 amide bonds. The van der Waals surface area contributed by atoms with Crippen molar-refractivity contribution in [3.63, 3.8) is 0 Å². The van der Waals surface area contributed by atoms with Gasteiger partial charge in [-0.1, -0.05) is 54.6 Å². The van der Waals surface area contributed by atoms with Gasteiger partial charge in [-0.25, -0.2) is 0 Å². The van der Waals surface area contributed by atoms with Crippen LogP contribution in [0.3, 0.4) is 0 Å². The number of rotatable bonds is 1. The molecule has 4 rings (SSSR count). The van der Waals surface area contributed by atoms with Crippen LogP contribution in [0.4, 0.5) is 0 Å². The second-order valence-corrected chi connectivity index (χ2v) is 5.42. The minimum Gasteiger partial charge on any atom is -0.352 e. The molecular formula is C18H15NO. The van der Waals surface area contributed by atoms with Gasteiger partial charge in [0.1, 0.15) is 0 Å². The van der Waals surface area contributed by atoms with Gasteiger partial charge in [0.05, 0.1) is 0 Å². The van der Waals surface area contributed by atoms with Crippen LogP contribution < -0.4 is 5.32 Å². The topological polar surface area (TPSA) is 29.1 Å². The molecule has 98 valence electrons. The molecule has 2 heteroatoms. The van der Waals surface area contributed by atoms with E-state index in [2.05, 4.69) is 41.7 Å². The standard InChI is InChI=1S/C18H15NO/c20-18-17-14(11-19-18)10-13-8-4-5-9-15(13)16(17)12-6-2-1-3-7-12/h1-9,14H,10-11H2,(H,19,20)/t14-/m0/s1. The number of amides is 1. The molecule has 1 aliphatic heterocycles. The van der Waals surface area contributed by atoms with E-state index in [1.54, 1.807) is 0 Å². The first-order valence-corrected chi connectivity index (χ1v) is 7.00. The van der Waals surface area contributed by atoms with Crippen molar-refractivity contribution in [1.82, 2.24) is 5.32 Å². The lowest BCUT2D eigenvalue weighted by Crippen LogP contribution is -2.17. The second-order valence-electron chi connectivity index (χ2n) is 5.42. The van der Waals surface area contributed by atoms with Gasteiger partial charge >= 0.3 is 0 Å². The highest BCUT2D eigenvalue weighted by Crippen LogP contribution is 2.40. The van der Waals surface area contributed by atoms with Crippen molar-refractivity contribution in [2.45, 2.75) is 6.42 Å². The molecule has 2 aromatic rings. The smallest absolute Gasteiger partial charge is 0.248 e. The molecule has 2 aromatic carbocycles. The maximum Gasteiger partial charge on any atom is 0.248 e. The van der Waals surface area contributed by atoms with Gasteiger partial charge in [0.25, 0.3) is 0 Å². The van der Waals surface area contributed by atoms with Crippen molar-refractivity contribution >= 4 is 11.5 Å². The van der Waals surface area contributed by atoms with Gasteiger partial charge in [-0.3, -0.25) is 4.79 Å². The van der Waals surface area contributed by atoms with Gasteiger partial charge in [-0.15, -0.1) is 0 Å². The summed E-state index contributed by atoms with van der Waals surface area (Å²) in [4.78, 5) is 12.2. The number of carbonyl (C=O) groups is 1. The third-order valence-corrected chi connectivity index (χ3v) is 4.25. The Kier molecular flexibility index (Phi) is 2.49. The van der Waals surface area contributed by atoms with Gasteiger partial charge in [0.15, 0.2) is 0 Å². The third kappa shape index (κ3) is 1.61. The summed E-state index contributed by atoms with van der Waals surface area (Å²) in [6.45, 7) is 0.763. The number of carbonyl (C=O) groups excluding carboxylic acids is 1. The minimum atomic E-state index is 0.100. The summed E-state index contributed by atoms with van der Waals surface area (Å²) in [5, 5.41) is 3.00. The number of fused-ring (bicyclic) bond motifs is 2. The van der Waals surface area contributed by atoms with E-state index in [1.807, 2.05) is 18.2 Å². The van der Waals surface area contributed by atoms with Crippen molar-refractivity contribution in [3.05, 3.63) is 76.9 Å². The first kappa shape index (κ1) is 11.5. The molecule has 0 saturated carbocycles. The average molecular weight is 261 g/mol. The number of nitrogens with one attached hydrogen (secondary N) is 1. The van der Waals surface area contributed by atoms with Crippen molar-refractivity contribution in [2.75, 3.05) is 6.54 Å². The summed E-state index contributed by atoms with van der Waals surface area (Å²) < 4.78 is 0.